The molecule has 0 bridgehead atoms. The minimum Gasteiger partial charge on any atom is -0.480 e. The van der Waals surface area contributed by atoms with E-state index in [0.717, 1.165) is 0 Å². The first-order chi connectivity index (χ1) is 29.0. The quantitative estimate of drug-likeness (QED) is 0.0351. The van der Waals surface area contributed by atoms with Crippen molar-refractivity contribution in [1.82, 2.24) is 37.2 Å². The van der Waals surface area contributed by atoms with Crippen LogP contribution in [0.5, 0.6) is 0 Å². The molecular weight excluding hydrogens is 803 g/mol. The van der Waals surface area contributed by atoms with E-state index in [1.165, 1.54) is 13.0 Å². The molecule has 0 rings (SSSR count). The molecule has 0 saturated heterocycles. The van der Waals surface area contributed by atoms with E-state index in [1.54, 1.807) is 41.5 Å². The van der Waals surface area contributed by atoms with Crippen LogP contribution in [-0.2, 0) is 38.4 Å². The van der Waals surface area contributed by atoms with Crippen LogP contribution in [0.3, 0.4) is 0 Å². The molecule has 62 heavy (non-hydrogen) atoms. The van der Waals surface area contributed by atoms with Crippen molar-refractivity contribution in [3.63, 3.8) is 0 Å². The molecule has 13 N–H and O–H groups in total. The summed E-state index contributed by atoms with van der Waals surface area (Å²) >= 11 is 0. The summed E-state index contributed by atoms with van der Waals surface area (Å²) < 4.78 is 0. The number of unbranched alkanes of at least 4 members (excludes halogenated alkanes) is 1. The number of allylic oxidation sites excluding steroid dienone is 1. The fraction of sp³-hybridized carbons (Fsp3) is 0.767. The highest BCUT2D eigenvalue weighted by molar-refractivity contribution is 6.01. The molecule has 0 saturated carbocycles. The van der Waals surface area contributed by atoms with Crippen LogP contribution >= 0.6 is 0 Å². The summed E-state index contributed by atoms with van der Waals surface area (Å²) in [5.74, 6) is -8.10. The fourth-order valence-corrected chi connectivity index (χ4v) is 6.27. The Bertz CT molecular complexity index is 1510. The maximum absolute atomic E-state index is 14.0. The van der Waals surface area contributed by atoms with E-state index in [-0.39, 0.29) is 43.3 Å². The third-order valence-electron chi connectivity index (χ3n) is 10.8. The maximum Gasteiger partial charge on any atom is 0.326 e. The molecule has 0 aromatic heterocycles. The van der Waals surface area contributed by atoms with E-state index in [4.69, 9.17) is 11.5 Å². The number of amides is 7. The molecule has 0 aromatic carbocycles. The molecule has 0 fully saturated rings. The van der Waals surface area contributed by atoms with Crippen LogP contribution < -0.4 is 48.7 Å². The minimum absolute atomic E-state index is 0.0837. The Morgan fingerprint density at radius 3 is 1.45 bits per heavy atom. The number of hydrogen-bond acceptors (Lipinski definition) is 11. The third kappa shape index (κ3) is 20.0. The van der Waals surface area contributed by atoms with Crippen LogP contribution in [0.4, 0.5) is 0 Å². The first kappa shape index (κ1) is 57.4. The SMILES string of the molecule is C/C=C(/NC(=O)[C@@H](O)[C@@H](C)CC)C(=O)N[C@@H](CC(C)C)C(=O)N[C@H](CCCN)C(=O)N[C@H](C(=O)N[C@H](C(=O)N[C@H](C(=O)N[C@H](CCCCN)C(=O)O)C(C)C)C(C)C)[C@@H](C)CC. The number of nitrogens with one attached hydrogen (secondary N) is 7. The van der Waals surface area contributed by atoms with Crippen LogP contribution in [0, 0.1) is 29.6 Å². The number of hydrogen-bond donors (Lipinski definition) is 11. The molecule has 0 unspecified atom stereocenters. The molecule has 9 atom stereocenters. The molecule has 0 heterocycles. The zero-order valence-corrected chi connectivity index (χ0v) is 38.9. The number of rotatable bonds is 30. The Hall–Kier alpha value is -4.62. The van der Waals surface area contributed by atoms with Gasteiger partial charge in [-0.3, -0.25) is 33.6 Å². The van der Waals surface area contributed by atoms with Crippen molar-refractivity contribution in [1.29, 1.82) is 0 Å². The van der Waals surface area contributed by atoms with E-state index in [2.05, 4.69) is 37.2 Å². The molecule has 0 aliphatic carbocycles. The molecule has 19 heteroatoms. The number of nitrogens with two attached hydrogens (primary N) is 2. The standard InChI is InChI=1S/C43H79N9O10/c1-12-26(10)34(41(59)51-33(25(8)9)40(58)50-32(24(6)7)39(57)48-30(43(61)62)18-15-16-20-44)52-37(55)29(19-17-21-45)47-38(56)31(22-23(4)5)49-36(54)28(14-3)46-42(60)35(53)27(11)13-2/h14,23-27,29-35,53H,12-13,15-22,44-45H2,1-11H3,(H,46,60)(H,47,56)(H,48,57)(H,49,54)(H,50,58)(H,51,59)(H,52,55)(H,61,62)/b28-14+/t26-,27-,29+,30+,31-,32-,33-,34-,35-/m0/s1. The second-order valence-electron chi connectivity index (χ2n) is 17.2. The van der Waals surface area contributed by atoms with E-state index < -0.39 is 107 Å². The zero-order valence-electron chi connectivity index (χ0n) is 38.9. The van der Waals surface area contributed by atoms with Gasteiger partial charge in [-0.2, -0.15) is 0 Å². The first-order valence-electron chi connectivity index (χ1n) is 22.1. The molecule has 19 nitrogen and oxygen atoms in total. The number of carbonyl (C=O) groups excluding carboxylic acids is 7. The summed E-state index contributed by atoms with van der Waals surface area (Å²) in [5.41, 5.74) is 11.1. The summed E-state index contributed by atoms with van der Waals surface area (Å²) in [5, 5.41) is 38.5. The first-order valence-corrected chi connectivity index (χ1v) is 22.1. The van der Waals surface area contributed by atoms with Crippen molar-refractivity contribution in [3.8, 4) is 0 Å². The number of aliphatic hydroxyl groups excluding tert-OH is 1. The Morgan fingerprint density at radius 2 is 1.00 bits per heavy atom. The Morgan fingerprint density at radius 1 is 0.548 bits per heavy atom. The lowest BCUT2D eigenvalue weighted by molar-refractivity contribution is -0.143. The summed E-state index contributed by atoms with van der Waals surface area (Å²) in [6.07, 6.45) is 2.70. The van der Waals surface area contributed by atoms with Gasteiger partial charge in [0.15, 0.2) is 0 Å². The van der Waals surface area contributed by atoms with Crippen LogP contribution in [0.2, 0.25) is 0 Å². The van der Waals surface area contributed by atoms with E-state index in [9.17, 15) is 48.6 Å². The highest BCUT2D eigenvalue weighted by atomic mass is 16.4. The number of carboxylic acids is 1. The highest BCUT2D eigenvalue weighted by Gasteiger charge is 2.36. The van der Waals surface area contributed by atoms with Gasteiger partial charge in [-0.25, -0.2) is 4.79 Å². The molecule has 0 radical (unpaired) electrons. The van der Waals surface area contributed by atoms with Crippen molar-refractivity contribution >= 4 is 47.3 Å². The second-order valence-corrected chi connectivity index (χ2v) is 17.2. The maximum atomic E-state index is 14.0. The van der Waals surface area contributed by atoms with Crippen LogP contribution in [0.25, 0.3) is 0 Å². The molecule has 0 spiro atoms. The average Bonchev–Trinajstić information content (AvgIpc) is 3.21. The van der Waals surface area contributed by atoms with Gasteiger partial charge >= 0.3 is 5.97 Å². The smallest absolute Gasteiger partial charge is 0.326 e. The van der Waals surface area contributed by atoms with Gasteiger partial charge in [0, 0.05) is 0 Å². The predicted octanol–water partition coefficient (Wildman–Crippen LogP) is 0.679. The summed E-state index contributed by atoms with van der Waals surface area (Å²) in [7, 11) is 0. The summed E-state index contributed by atoms with van der Waals surface area (Å²) in [6, 6.07) is -7.01. The topological polar surface area (TPSA) is 313 Å². The lowest BCUT2D eigenvalue weighted by Crippen LogP contribution is -2.62. The van der Waals surface area contributed by atoms with Gasteiger partial charge in [-0.05, 0) is 88.1 Å². The van der Waals surface area contributed by atoms with Crippen molar-refractivity contribution in [2.75, 3.05) is 13.1 Å². The Labute approximate surface area is 368 Å². The van der Waals surface area contributed by atoms with E-state index >= 15 is 0 Å². The average molecular weight is 882 g/mol. The highest BCUT2D eigenvalue weighted by Crippen LogP contribution is 2.14. The largest absolute Gasteiger partial charge is 0.480 e. The summed E-state index contributed by atoms with van der Waals surface area (Å²) in [6.45, 7) is 19.6. The lowest BCUT2D eigenvalue weighted by Gasteiger charge is -2.31. The Balaban J connectivity index is 6.32. The lowest BCUT2D eigenvalue weighted by atomic mass is 9.95. The normalized spacial score (nSPS) is 16.1. The molecule has 0 aliphatic heterocycles. The van der Waals surface area contributed by atoms with Crippen LogP contribution in [-0.4, -0.2) is 113 Å². The minimum atomic E-state index is -1.36. The zero-order chi connectivity index (χ0) is 47.9. The van der Waals surface area contributed by atoms with Crippen LogP contribution in [0.15, 0.2) is 11.8 Å². The van der Waals surface area contributed by atoms with Gasteiger partial charge in [0.05, 0.1) is 0 Å². The van der Waals surface area contributed by atoms with E-state index in [1.807, 2.05) is 27.7 Å². The molecule has 0 aliphatic rings. The molecule has 0 aromatic rings. The van der Waals surface area contributed by atoms with Gasteiger partial charge in [0.25, 0.3) is 11.8 Å². The molecule has 356 valence electrons. The fourth-order valence-electron chi connectivity index (χ4n) is 6.27. The van der Waals surface area contributed by atoms with Gasteiger partial charge in [-0.1, -0.05) is 88.2 Å². The van der Waals surface area contributed by atoms with Crippen molar-refractivity contribution in [3.05, 3.63) is 11.8 Å². The van der Waals surface area contributed by atoms with Gasteiger partial charge < -0.3 is 58.9 Å². The number of aliphatic carboxylic acids is 1. The van der Waals surface area contributed by atoms with E-state index in [0.29, 0.717) is 38.6 Å². The van der Waals surface area contributed by atoms with Gasteiger partial charge in [-0.15, -0.1) is 0 Å². The number of carboxylic acid groups (broad SMARTS) is 1. The monoisotopic (exact) mass is 882 g/mol. The van der Waals surface area contributed by atoms with Gasteiger partial charge in [0.2, 0.25) is 29.5 Å². The second kappa shape index (κ2) is 29.6. The number of aliphatic hydroxyl groups is 1. The predicted molar refractivity (Wildman–Crippen MR) is 236 cm³/mol. The molecular formula is C43H79N9O10. The van der Waals surface area contributed by atoms with Gasteiger partial charge in [0.1, 0.15) is 48.1 Å². The van der Waals surface area contributed by atoms with Crippen molar-refractivity contribution in [2.24, 2.45) is 41.1 Å². The number of carbonyl (C=O) groups is 8. The van der Waals surface area contributed by atoms with Crippen molar-refractivity contribution in [2.45, 2.75) is 170 Å². The third-order valence-corrected chi connectivity index (χ3v) is 10.8. The van der Waals surface area contributed by atoms with Crippen LogP contribution in [0.1, 0.15) is 128 Å². The van der Waals surface area contributed by atoms with Crippen molar-refractivity contribution < 1.29 is 48.6 Å². The molecule has 7 amide bonds. The summed E-state index contributed by atoms with van der Waals surface area (Å²) in [4.78, 5) is 107. The Kier molecular flexibility index (Phi) is 27.4.